The van der Waals surface area contributed by atoms with Gasteiger partial charge in [0.05, 0.1) is 21.3 Å². The van der Waals surface area contributed by atoms with Gasteiger partial charge in [-0.3, -0.25) is 0 Å². The van der Waals surface area contributed by atoms with Crippen LogP contribution in [0, 0.1) is 0 Å². The Morgan fingerprint density at radius 3 is 2.21 bits per heavy atom. The molecule has 0 aliphatic carbocycles. The average molecular weight is 270 g/mol. The normalized spacial score (nSPS) is 11.6. The van der Waals surface area contributed by atoms with Gasteiger partial charge in [0.1, 0.15) is 5.56 Å². The minimum atomic E-state index is -1.59. The molecule has 0 saturated carbocycles. The van der Waals surface area contributed by atoms with E-state index in [0.717, 1.165) is 13.2 Å². The zero-order valence-corrected chi connectivity index (χ0v) is 10.7. The molecular weight excluding hydrogens is 256 g/mol. The predicted octanol–water partition coefficient (Wildman–Crippen LogP) is 0.608. The van der Waals surface area contributed by atoms with E-state index in [9.17, 15) is 14.7 Å². The number of hydrogen-bond acceptors (Lipinski definition) is 6. The van der Waals surface area contributed by atoms with Crippen LogP contribution in [0.3, 0.4) is 0 Å². The van der Waals surface area contributed by atoms with E-state index >= 15 is 0 Å². The molecule has 0 heterocycles. The number of benzene rings is 1. The molecule has 0 fully saturated rings. The van der Waals surface area contributed by atoms with E-state index < -0.39 is 18.0 Å². The van der Waals surface area contributed by atoms with Gasteiger partial charge in [0, 0.05) is 0 Å². The molecule has 0 saturated heterocycles. The number of carbonyl (C=O) groups excluding carboxylic acids is 1. The second-order valence-corrected chi connectivity index (χ2v) is 3.53. The molecule has 0 aliphatic heterocycles. The highest BCUT2D eigenvalue weighted by molar-refractivity contribution is 5.93. The maximum Gasteiger partial charge on any atom is 0.339 e. The zero-order valence-electron chi connectivity index (χ0n) is 10.7. The first-order valence-corrected chi connectivity index (χ1v) is 5.21. The first-order valence-electron chi connectivity index (χ1n) is 5.21. The van der Waals surface area contributed by atoms with Gasteiger partial charge in [-0.05, 0) is 17.7 Å². The molecular formula is C12H14O7. The Hall–Kier alpha value is -2.28. The molecule has 0 radical (unpaired) electrons. The number of carboxylic acid groups (broad SMARTS) is 1. The maximum absolute atomic E-state index is 11.3. The number of esters is 1. The van der Waals surface area contributed by atoms with Crippen molar-refractivity contribution >= 4 is 11.9 Å². The summed E-state index contributed by atoms with van der Waals surface area (Å²) in [4.78, 5) is 22.4. The van der Waals surface area contributed by atoms with E-state index in [2.05, 4.69) is 4.74 Å². The molecule has 7 nitrogen and oxygen atoms in total. The van der Waals surface area contributed by atoms with Crippen LogP contribution < -0.4 is 9.47 Å². The Kier molecular flexibility index (Phi) is 4.71. The van der Waals surface area contributed by atoms with Crippen molar-refractivity contribution < 1.29 is 34.0 Å². The molecule has 104 valence electrons. The van der Waals surface area contributed by atoms with Crippen LogP contribution in [0.5, 0.6) is 11.5 Å². The molecule has 1 aromatic rings. The third-order valence-electron chi connectivity index (χ3n) is 2.47. The van der Waals surface area contributed by atoms with Gasteiger partial charge < -0.3 is 24.4 Å². The molecule has 0 amide bonds. The van der Waals surface area contributed by atoms with E-state index in [4.69, 9.17) is 14.6 Å². The summed E-state index contributed by atoms with van der Waals surface area (Å²) in [7, 11) is 3.73. The van der Waals surface area contributed by atoms with Crippen molar-refractivity contribution in [2.75, 3.05) is 21.3 Å². The van der Waals surface area contributed by atoms with Gasteiger partial charge in [0.2, 0.25) is 0 Å². The van der Waals surface area contributed by atoms with E-state index in [0.29, 0.717) is 0 Å². The van der Waals surface area contributed by atoms with Crippen molar-refractivity contribution in [2.45, 2.75) is 6.10 Å². The van der Waals surface area contributed by atoms with E-state index in [1.54, 1.807) is 0 Å². The Bertz CT molecular complexity index is 495. The van der Waals surface area contributed by atoms with Crippen LogP contribution in [0.4, 0.5) is 0 Å². The van der Waals surface area contributed by atoms with Crippen LogP contribution in [0.1, 0.15) is 22.0 Å². The summed E-state index contributed by atoms with van der Waals surface area (Å²) in [6.07, 6.45) is -1.59. The fraction of sp³-hybridized carbons (Fsp3) is 0.333. The molecule has 0 aromatic heterocycles. The number of hydrogen-bond donors (Lipinski definition) is 2. The first-order chi connectivity index (χ1) is 8.96. The molecule has 0 aliphatic rings. The van der Waals surface area contributed by atoms with Crippen LogP contribution >= 0.6 is 0 Å². The van der Waals surface area contributed by atoms with Gasteiger partial charge in [-0.1, -0.05) is 0 Å². The number of aliphatic hydroxyl groups is 1. The van der Waals surface area contributed by atoms with Gasteiger partial charge in [-0.15, -0.1) is 0 Å². The number of carboxylic acids is 1. The lowest BCUT2D eigenvalue weighted by atomic mass is 10.0. The Morgan fingerprint density at radius 2 is 1.79 bits per heavy atom. The fourth-order valence-electron chi connectivity index (χ4n) is 1.55. The highest BCUT2D eigenvalue weighted by atomic mass is 16.5. The number of carbonyl (C=O) groups is 2. The SMILES string of the molecule is COC(=O)C(O)c1cc(OC)c(OC)c(C(=O)O)c1. The molecule has 0 spiro atoms. The Morgan fingerprint density at radius 1 is 1.16 bits per heavy atom. The van der Waals surface area contributed by atoms with Crippen LogP contribution in [-0.2, 0) is 9.53 Å². The standard InChI is InChI=1S/C12H14O7/c1-17-8-5-6(9(13)12(16)19-3)4-7(11(14)15)10(8)18-2/h4-5,9,13H,1-3H3,(H,14,15). The van der Waals surface area contributed by atoms with Crippen LogP contribution in [-0.4, -0.2) is 43.5 Å². The van der Waals surface area contributed by atoms with Crippen molar-refractivity contribution in [2.24, 2.45) is 0 Å². The Labute approximate surface area is 109 Å². The lowest BCUT2D eigenvalue weighted by molar-refractivity contribution is -0.150. The lowest BCUT2D eigenvalue weighted by Gasteiger charge is -2.15. The predicted molar refractivity (Wildman–Crippen MR) is 63.5 cm³/mol. The highest BCUT2D eigenvalue weighted by Gasteiger charge is 2.24. The summed E-state index contributed by atoms with van der Waals surface area (Å²) < 4.78 is 14.3. The number of methoxy groups -OCH3 is 3. The topological polar surface area (TPSA) is 102 Å². The third-order valence-corrected chi connectivity index (χ3v) is 2.47. The largest absolute Gasteiger partial charge is 0.493 e. The highest BCUT2D eigenvalue weighted by Crippen LogP contribution is 2.34. The van der Waals surface area contributed by atoms with Gasteiger partial charge in [-0.2, -0.15) is 0 Å². The van der Waals surface area contributed by atoms with E-state index in [-0.39, 0.29) is 22.6 Å². The number of rotatable bonds is 5. The summed E-state index contributed by atoms with van der Waals surface area (Å²) in [6.45, 7) is 0. The minimum absolute atomic E-state index is 0.0100. The quantitative estimate of drug-likeness (QED) is 0.755. The van der Waals surface area contributed by atoms with Crippen LogP contribution in [0.15, 0.2) is 12.1 Å². The van der Waals surface area contributed by atoms with Gasteiger partial charge in [0.25, 0.3) is 0 Å². The summed E-state index contributed by atoms with van der Waals surface area (Å²) in [6, 6.07) is 2.44. The third kappa shape index (κ3) is 2.94. The summed E-state index contributed by atoms with van der Waals surface area (Å²) in [5.74, 6) is -2.06. The molecule has 0 bridgehead atoms. The van der Waals surface area contributed by atoms with E-state index in [1.807, 2.05) is 0 Å². The second-order valence-electron chi connectivity index (χ2n) is 3.53. The van der Waals surface area contributed by atoms with Crippen molar-refractivity contribution in [1.82, 2.24) is 0 Å². The van der Waals surface area contributed by atoms with Crippen LogP contribution in [0.25, 0.3) is 0 Å². The molecule has 1 rings (SSSR count). The average Bonchev–Trinajstić information content (AvgIpc) is 2.43. The lowest BCUT2D eigenvalue weighted by Crippen LogP contribution is -2.15. The van der Waals surface area contributed by atoms with Crippen molar-refractivity contribution in [3.05, 3.63) is 23.3 Å². The summed E-state index contributed by atoms with van der Waals surface area (Å²) >= 11 is 0. The van der Waals surface area contributed by atoms with Gasteiger partial charge >= 0.3 is 11.9 Å². The molecule has 19 heavy (non-hydrogen) atoms. The first kappa shape index (κ1) is 14.8. The fourth-order valence-corrected chi connectivity index (χ4v) is 1.55. The van der Waals surface area contributed by atoms with Crippen molar-refractivity contribution in [1.29, 1.82) is 0 Å². The molecule has 7 heteroatoms. The molecule has 1 aromatic carbocycles. The maximum atomic E-state index is 11.3. The van der Waals surface area contributed by atoms with Crippen molar-refractivity contribution in [3.63, 3.8) is 0 Å². The van der Waals surface area contributed by atoms with Gasteiger partial charge in [0.15, 0.2) is 17.6 Å². The van der Waals surface area contributed by atoms with Gasteiger partial charge in [-0.25, -0.2) is 9.59 Å². The number of aliphatic hydroxyl groups excluding tert-OH is 1. The number of ether oxygens (including phenoxy) is 3. The van der Waals surface area contributed by atoms with E-state index in [1.165, 1.54) is 20.3 Å². The summed E-state index contributed by atoms with van der Waals surface area (Å²) in [5, 5.41) is 18.8. The second kappa shape index (κ2) is 6.05. The zero-order chi connectivity index (χ0) is 14.6. The number of aromatic carboxylic acids is 1. The molecule has 2 N–H and O–H groups in total. The monoisotopic (exact) mass is 270 g/mol. The van der Waals surface area contributed by atoms with Crippen molar-refractivity contribution in [3.8, 4) is 11.5 Å². The van der Waals surface area contributed by atoms with Crippen LogP contribution in [0.2, 0.25) is 0 Å². The smallest absolute Gasteiger partial charge is 0.339 e. The Balaban J connectivity index is 3.40. The minimum Gasteiger partial charge on any atom is -0.493 e. The molecule has 1 unspecified atom stereocenters. The summed E-state index contributed by atoms with van der Waals surface area (Å²) in [5.41, 5.74) is -0.179. The molecule has 1 atom stereocenters.